The lowest BCUT2D eigenvalue weighted by Crippen LogP contribution is -2.36. The van der Waals surface area contributed by atoms with Crippen LogP contribution in [0.3, 0.4) is 0 Å². The van der Waals surface area contributed by atoms with Gasteiger partial charge in [-0.25, -0.2) is 0 Å². The van der Waals surface area contributed by atoms with Gasteiger partial charge in [-0.05, 0) is 43.2 Å². The van der Waals surface area contributed by atoms with E-state index in [-0.39, 0.29) is 17.7 Å². The number of aromatic nitrogens is 2. The van der Waals surface area contributed by atoms with Gasteiger partial charge >= 0.3 is 0 Å². The predicted octanol–water partition coefficient (Wildman–Crippen LogP) is 4.46. The average Bonchev–Trinajstić information content (AvgIpc) is 3.23. The molecule has 0 radical (unpaired) electrons. The molecule has 26 heavy (non-hydrogen) atoms. The predicted molar refractivity (Wildman–Crippen MR) is 103 cm³/mol. The lowest BCUT2D eigenvalue weighted by molar-refractivity contribution is -0.116. The molecular formula is C19H16ClN3O2S. The van der Waals surface area contributed by atoms with Crippen molar-refractivity contribution in [2.24, 2.45) is 0 Å². The zero-order valence-corrected chi connectivity index (χ0v) is 15.6. The number of halogens is 1. The summed E-state index contributed by atoms with van der Waals surface area (Å²) in [7, 11) is 0. The number of nitrogens with zero attached hydrogens (tertiary/aromatic N) is 3. The molecule has 0 bridgehead atoms. The van der Waals surface area contributed by atoms with Crippen molar-refractivity contribution < 1.29 is 9.21 Å². The Morgan fingerprint density at radius 3 is 2.96 bits per heavy atom. The first kappa shape index (κ1) is 17.1. The Kier molecular flexibility index (Phi) is 4.70. The highest BCUT2D eigenvalue weighted by molar-refractivity contribution is 7.99. The summed E-state index contributed by atoms with van der Waals surface area (Å²) in [5.74, 6) is 0.674. The maximum atomic E-state index is 12.7. The highest BCUT2D eigenvalue weighted by Crippen LogP contribution is 2.33. The summed E-state index contributed by atoms with van der Waals surface area (Å²) < 4.78 is 5.65. The summed E-state index contributed by atoms with van der Waals surface area (Å²) in [5, 5.41) is 9.02. The van der Waals surface area contributed by atoms with Crippen molar-refractivity contribution in [2.45, 2.75) is 24.6 Å². The fourth-order valence-electron chi connectivity index (χ4n) is 3.14. The van der Waals surface area contributed by atoms with Crippen LogP contribution in [0.15, 0.2) is 58.2 Å². The van der Waals surface area contributed by atoms with E-state index >= 15 is 0 Å². The molecule has 5 nitrogen and oxygen atoms in total. The van der Waals surface area contributed by atoms with Crippen LogP contribution in [0.5, 0.6) is 0 Å². The Morgan fingerprint density at radius 2 is 2.12 bits per heavy atom. The van der Waals surface area contributed by atoms with E-state index in [2.05, 4.69) is 23.2 Å². The third-order valence-corrected chi connectivity index (χ3v) is 5.31. The van der Waals surface area contributed by atoms with Gasteiger partial charge in [-0.2, -0.15) is 0 Å². The molecule has 1 aliphatic heterocycles. The van der Waals surface area contributed by atoms with E-state index in [9.17, 15) is 4.79 Å². The molecule has 0 aliphatic carbocycles. The number of anilines is 1. The second-order valence-corrected chi connectivity index (χ2v) is 7.48. The quantitative estimate of drug-likeness (QED) is 0.620. The summed E-state index contributed by atoms with van der Waals surface area (Å²) >= 11 is 7.23. The van der Waals surface area contributed by atoms with Crippen LogP contribution in [0, 0.1) is 0 Å². The van der Waals surface area contributed by atoms with Gasteiger partial charge in [-0.15, -0.1) is 10.2 Å². The van der Waals surface area contributed by atoms with Crippen LogP contribution < -0.4 is 4.90 Å². The molecule has 0 N–H and O–H groups in total. The van der Waals surface area contributed by atoms with Crippen LogP contribution in [0.1, 0.15) is 12.5 Å². The summed E-state index contributed by atoms with van der Waals surface area (Å²) in [6.07, 6.45) is 0.881. The van der Waals surface area contributed by atoms with Crippen LogP contribution in [-0.4, -0.2) is 27.9 Å². The molecule has 0 unspecified atom stereocenters. The SMILES string of the molecule is C[C@H]1Cc2ccccc2N1C(=O)CSc1nnc(-c2cccc(Cl)c2)o1. The van der Waals surface area contributed by atoms with Crippen molar-refractivity contribution in [1.29, 1.82) is 0 Å². The molecule has 7 heteroatoms. The molecule has 4 rings (SSSR count). The summed E-state index contributed by atoms with van der Waals surface area (Å²) in [6.45, 7) is 2.06. The first-order valence-electron chi connectivity index (χ1n) is 8.24. The molecular weight excluding hydrogens is 370 g/mol. The molecule has 0 spiro atoms. The number of benzene rings is 2. The second kappa shape index (κ2) is 7.13. The third-order valence-electron chi connectivity index (χ3n) is 4.27. The standard InChI is InChI=1S/C19H16ClN3O2S/c1-12-9-13-5-2-3-8-16(13)23(12)17(24)11-26-19-22-21-18(25-19)14-6-4-7-15(20)10-14/h2-8,10,12H,9,11H2,1H3/t12-/m0/s1. The lowest BCUT2D eigenvalue weighted by Gasteiger charge is -2.22. The minimum Gasteiger partial charge on any atom is -0.411 e. The van der Waals surface area contributed by atoms with E-state index in [0.29, 0.717) is 16.1 Å². The molecule has 1 atom stereocenters. The number of para-hydroxylation sites is 1. The molecule has 3 aromatic rings. The van der Waals surface area contributed by atoms with Crippen LogP contribution in [0.2, 0.25) is 5.02 Å². The minimum absolute atomic E-state index is 0.0370. The minimum atomic E-state index is 0.0370. The first-order chi connectivity index (χ1) is 12.6. The molecule has 2 aromatic carbocycles. The van der Waals surface area contributed by atoms with Gasteiger partial charge in [-0.3, -0.25) is 4.79 Å². The lowest BCUT2D eigenvalue weighted by atomic mass is 10.1. The van der Waals surface area contributed by atoms with Gasteiger partial charge in [0.1, 0.15) is 0 Å². The molecule has 0 fully saturated rings. The topological polar surface area (TPSA) is 59.2 Å². The van der Waals surface area contributed by atoms with Crippen molar-refractivity contribution in [3.8, 4) is 11.5 Å². The molecule has 1 aliphatic rings. The van der Waals surface area contributed by atoms with Gasteiger partial charge in [0, 0.05) is 22.3 Å². The van der Waals surface area contributed by atoms with Crippen LogP contribution in [0.4, 0.5) is 5.69 Å². The third kappa shape index (κ3) is 3.34. The van der Waals surface area contributed by atoms with Gasteiger partial charge in [0.2, 0.25) is 11.8 Å². The fraction of sp³-hybridized carbons (Fsp3) is 0.211. The molecule has 1 amide bonds. The molecule has 0 saturated carbocycles. The Bertz CT molecular complexity index is 959. The smallest absolute Gasteiger partial charge is 0.277 e. The first-order valence-corrected chi connectivity index (χ1v) is 9.60. The molecule has 2 heterocycles. The van der Waals surface area contributed by atoms with E-state index in [1.807, 2.05) is 35.2 Å². The number of hydrogen-bond donors (Lipinski definition) is 0. The number of thioether (sulfide) groups is 1. The molecule has 132 valence electrons. The van der Waals surface area contributed by atoms with Gasteiger partial charge in [0.25, 0.3) is 5.22 Å². The number of fused-ring (bicyclic) bond motifs is 1. The molecule has 1 aromatic heterocycles. The van der Waals surface area contributed by atoms with Crippen LogP contribution in [0.25, 0.3) is 11.5 Å². The van der Waals surface area contributed by atoms with Crippen molar-refractivity contribution in [1.82, 2.24) is 10.2 Å². The Morgan fingerprint density at radius 1 is 1.27 bits per heavy atom. The number of amides is 1. The summed E-state index contributed by atoms with van der Waals surface area (Å²) in [5.41, 5.74) is 2.96. The highest BCUT2D eigenvalue weighted by atomic mass is 35.5. The van der Waals surface area contributed by atoms with Crippen LogP contribution in [-0.2, 0) is 11.2 Å². The number of rotatable bonds is 4. The Labute approximate surface area is 160 Å². The van der Waals surface area contributed by atoms with Crippen molar-refractivity contribution in [3.05, 3.63) is 59.1 Å². The van der Waals surface area contributed by atoms with E-state index in [1.165, 1.54) is 17.3 Å². The monoisotopic (exact) mass is 385 g/mol. The number of hydrogen-bond acceptors (Lipinski definition) is 5. The maximum absolute atomic E-state index is 12.7. The van der Waals surface area contributed by atoms with Crippen LogP contribution >= 0.6 is 23.4 Å². The highest BCUT2D eigenvalue weighted by Gasteiger charge is 2.30. The van der Waals surface area contributed by atoms with E-state index < -0.39 is 0 Å². The van der Waals surface area contributed by atoms with Crippen molar-refractivity contribution >= 4 is 35.0 Å². The van der Waals surface area contributed by atoms with Gasteiger partial charge < -0.3 is 9.32 Å². The van der Waals surface area contributed by atoms with Crippen molar-refractivity contribution in [2.75, 3.05) is 10.7 Å². The fourth-order valence-corrected chi connectivity index (χ4v) is 3.96. The van der Waals surface area contributed by atoms with Gasteiger partial charge in [0.05, 0.1) is 5.75 Å². The normalized spacial score (nSPS) is 15.9. The van der Waals surface area contributed by atoms with E-state index in [0.717, 1.165) is 17.7 Å². The zero-order valence-electron chi connectivity index (χ0n) is 14.1. The van der Waals surface area contributed by atoms with E-state index in [4.69, 9.17) is 16.0 Å². The summed E-state index contributed by atoms with van der Waals surface area (Å²) in [4.78, 5) is 14.6. The maximum Gasteiger partial charge on any atom is 0.277 e. The largest absolute Gasteiger partial charge is 0.411 e. The number of carbonyl (C=O) groups is 1. The average molecular weight is 386 g/mol. The van der Waals surface area contributed by atoms with Gasteiger partial charge in [-0.1, -0.05) is 47.6 Å². The number of carbonyl (C=O) groups excluding carboxylic acids is 1. The Balaban J connectivity index is 1.44. The summed E-state index contributed by atoms with van der Waals surface area (Å²) in [6, 6.07) is 15.4. The Hall–Kier alpha value is -2.31. The van der Waals surface area contributed by atoms with Crippen molar-refractivity contribution in [3.63, 3.8) is 0 Å². The van der Waals surface area contributed by atoms with Gasteiger partial charge in [0.15, 0.2) is 0 Å². The second-order valence-electron chi connectivity index (χ2n) is 6.12. The molecule has 0 saturated heterocycles. The van der Waals surface area contributed by atoms with E-state index in [1.54, 1.807) is 12.1 Å². The zero-order chi connectivity index (χ0) is 18.1.